The summed E-state index contributed by atoms with van der Waals surface area (Å²) in [5, 5.41) is 1.20. The highest BCUT2D eigenvalue weighted by atomic mass is 16.2. The summed E-state index contributed by atoms with van der Waals surface area (Å²) in [4.78, 5) is 18.1. The van der Waals surface area contributed by atoms with Crippen molar-refractivity contribution in [3.05, 3.63) is 71.9 Å². The zero-order valence-electron chi connectivity index (χ0n) is 12.3. The number of amides is 1. The average Bonchev–Trinajstić information content (AvgIpc) is 3.29. The summed E-state index contributed by atoms with van der Waals surface area (Å²) in [6.45, 7) is 0.674. The van der Waals surface area contributed by atoms with Gasteiger partial charge in [0.05, 0.1) is 0 Å². The SMILES string of the molecule is O=C(c1ccccc1)N(Cc1cccc2[nH]ccc12)C1CC1. The van der Waals surface area contributed by atoms with E-state index in [9.17, 15) is 4.79 Å². The minimum atomic E-state index is 0.135. The lowest BCUT2D eigenvalue weighted by molar-refractivity contribution is 0.0730. The molecule has 0 unspecified atom stereocenters. The standard InChI is InChI=1S/C19H18N2O/c22-19(14-5-2-1-3-6-14)21(16-9-10-16)13-15-7-4-8-18-17(15)11-12-20-18/h1-8,11-12,16,20H,9-10,13H2. The summed E-state index contributed by atoms with van der Waals surface area (Å²) in [5.74, 6) is 0.135. The fourth-order valence-electron chi connectivity index (χ4n) is 2.97. The van der Waals surface area contributed by atoms with Gasteiger partial charge in [0.25, 0.3) is 5.91 Å². The maximum atomic E-state index is 12.8. The maximum absolute atomic E-state index is 12.8. The lowest BCUT2D eigenvalue weighted by Gasteiger charge is -2.23. The fraction of sp³-hybridized carbons (Fsp3) is 0.211. The van der Waals surface area contributed by atoms with Crippen LogP contribution in [0.4, 0.5) is 0 Å². The molecule has 1 aliphatic rings. The van der Waals surface area contributed by atoms with Crippen molar-refractivity contribution in [2.24, 2.45) is 0 Å². The van der Waals surface area contributed by atoms with Gasteiger partial charge < -0.3 is 9.88 Å². The molecule has 0 aliphatic heterocycles. The van der Waals surface area contributed by atoms with E-state index in [1.165, 1.54) is 10.9 Å². The summed E-state index contributed by atoms with van der Waals surface area (Å²) in [5.41, 5.74) is 3.10. The van der Waals surface area contributed by atoms with Crippen LogP contribution < -0.4 is 0 Å². The van der Waals surface area contributed by atoms with Crippen molar-refractivity contribution in [2.75, 3.05) is 0 Å². The molecule has 110 valence electrons. The molecule has 1 heterocycles. The van der Waals surface area contributed by atoms with Gasteiger partial charge in [0.1, 0.15) is 0 Å². The van der Waals surface area contributed by atoms with E-state index in [1.807, 2.05) is 47.5 Å². The first kappa shape index (κ1) is 13.1. The quantitative estimate of drug-likeness (QED) is 0.775. The van der Waals surface area contributed by atoms with Crippen molar-refractivity contribution in [1.29, 1.82) is 0 Å². The average molecular weight is 290 g/mol. The van der Waals surface area contributed by atoms with Gasteiger partial charge in [-0.2, -0.15) is 0 Å². The summed E-state index contributed by atoms with van der Waals surface area (Å²) < 4.78 is 0. The Morgan fingerprint density at radius 3 is 2.64 bits per heavy atom. The molecule has 0 radical (unpaired) electrons. The molecule has 4 rings (SSSR count). The van der Waals surface area contributed by atoms with E-state index >= 15 is 0 Å². The van der Waals surface area contributed by atoms with E-state index in [0.717, 1.165) is 23.9 Å². The molecule has 22 heavy (non-hydrogen) atoms. The van der Waals surface area contributed by atoms with E-state index in [0.29, 0.717) is 12.6 Å². The number of H-pyrrole nitrogens is 1. The van der Waals surface area contributed by atoms with Gasteiger partial charge in [-0.05, 0) is 42.7 Å². The van der Waals surface area contributed by atoms with Crippen LogP contribution >= 0.6 is 0 Å². The fourth-order valence-corrected chi connectivity index (χ4v) is 2.97. The van der Waals surface area contributed by atoms with Gasteiger partial charge in [-0.15, -0.1) is 0 Å². The zero-order chi connectivity index (χ0) is 14.9. The number of hydrogen-bond acceptors (Lipinski definition) is 1. The summed E-state index contributed by atoms with van der Waals surface area (Å²) in [6, 6.07) is 18.3. The number of aromatic amines is 1. The first-order valence-electron chi connectivity index (χ1n) is 7.74. The molecular weight excluding hydrogens is 272 g/mol. The van der Waals surface area contributed by atoms with Crippen molar-refractivity contribution in [3.63, 3.8) is 0 Å². The van der Waals surface area contributed by atoms with E-state index in [4.69, 9.17) is 0 Å². The van der Waals surface area contributed by atoms with Gasteiger partial charge >= 0.3 is 0 Å². The van der Waals surface area contributed by atoms with Crippen molar-refractivity contribution in [2.45, 2.75) is 25.4 Å². The number of carbonyl (C=O) groups is 1. The Labute approximate surface area is 129 Å². The lowest BCUT2D eigenvalue weighted by atomic mass is 10.1. The molecule has 1 saturated carbocycles. The van der Waals surface area contributed by atoms with E-state index in [2.05, 4.69) is 23.2 Å². The van der Waals surface area contributed by atoms with Crippen LogP contribution in [0.3, 0.4) is 0 Å². The summed E-state index contributed by atoms with van der Waals surface area (Å²) >= 11 is 0. The maximum Gasteiger partial charge on any atom is 0.254 e. The van der Waals surface area contributed by atoms with Crippen molar-refractivity contribution < 1.29 is 4.79 Å². The van der Waals surface area contributed by atoms with Gasteiger partial charge in [-0.25, -0.2) is 0 Å². The predicted octanol–water partition coefficient (Wildman–Crippen LogP) is 3.97. The van der Waals surface area contributed by atoms with Gasteiger partial charge in [0.15, 0.2) is 0 Å². The molecule has 3 nitrogen and oxygen atoms in total. The van der Waals surface area contributed by atoms with Crippen LogP contribution in [-0.2, 0) is 6.54 Å². The topological polar surface area (TPSA) is 36.1 Å². The normalized spacial score (nSPS) is 14.2. The number of benzene rings is 2. The lowest BCUT2D eigenvalue weighted by Crippen LogP contribution is -2.32. The Morgan fingerprint density at radius 1 is 1.05 bits per heavy atom. The smallest absolute Gasteiger partial charge is 0.254 e. The Balaban J connectivity index is 1.66. The van der Waals surface area contributed by atoms with Crippen molar-refractivity contribution in [1.82, 2.24) is 9.88 Å². The summed E-state index contributed by atoms with van der Waals surface area (Å²) in [6.07, 6.45) is 4.18. The molecule has 3 heteroatoms. The molecule has 1 aromatic heterocycles. The second kappa shape index (κ2) is 5.34. The number of carbonyl (C=O) groups excluding carboxylic acids is 1. The van der Waals surface area contributed by atoms with Crippen LogP contribution in [0.2, 0.25) is 0 Å². The minimum absolute atomic E-state index is 0.135. The second-order valence-electron chi connectivity index (χ2n) is 5.89. The molecule has 3 aromatic rings. The minimum Gasteiger partial charge on any atom is -0.361 e. The molecule has 1 amide bonds. The molecule has 1 aliphatic carbocycles. The highest BCUT2D eigenvalue weighted by Gasteiger charge is 2.33. The Hall–Kier alpha value is -2.55. The largest absolute Gasteiger partial charge is 0.361 e. The van der Waals surface area contributed by atoms with Gasteiger partial charge in [0.2, 0.25) is 0 Å². The summed E-state index contributed by atoms with van der Waals surface area (Å²) in [7, 11) is 0. The van der Waals surface area contributed by atoms with Crippen molar-refractivity contribution >= 4 is 16.8 Å². The first-order valence-corrected chi connectivity index (χ1v) is 7.74. The van der Waals surface area contributed by atoms with E-state index < -0.39 is 0 Å². The Morgan fingerprint density at radius 2 is 1.86 bits per heavy atom. The number of nitrogens with one attached hydrogen (secondary N) is 1. The highest BCUT2D eigenvalue weighted by molar-refractivity contribution is 5.95. The van der Waals surface area contributed by atoms with Crippen LogP contribution in [-0.4, -0.2) is 21.8 Å². The van der Waals surface area contributed by atoms with Gasteiger partial charge in [-0.3, -0.25) is 4.79 Å². The zero-order valence-corrected chi connectivity index (χ0v) is 12.3. The number of nitrogens with zero attached hydrogens (tertiary/aromatic N) is 1. The molecule has 0 bridgehead atoms. The van der Waals surface area contributed by atoms with Crippen LogP contribution in [0.5, 0.6) is 0 Å². The van der Waals surface area contributed by atoms with E-state index in [1.54, 1.807) is 0 Å². The number of fused-ring (bicyclic) bond motifs is 1. The molecule has 0 spiro atoms. The first-order chi connectivity index (χ1) is 10.8. The molecule has 1 N–H and O–H groups in total. The van der Waals surface area contributed by atoms with Gasteiger partial charge in [-0.1, -0.05) is 30.3 Å². The monoisotopic (exact) mass is 290 g/mol. The predicted molar refractivity (Wildman–Crippen MR) is 87.6 cm³/mol. The van der Waals surface area contributed by atoms with Crippen LogP contribution in [0, 0.1) is 0 Å². The van der Waals surface area contributed by atoms with Gasteiger partial charge in [0, 0.05) is 35.2 Å². The van der Waals surface area contributed by atoms with Crippen LogP contribution in [0.15, 0.2) is 60.8 Å². The van der Waals surface area contributed by atoms with E-state index in [-0.39, 0.29) is 5.91 Å². The Kier molecular flexibility index (Phi) is 3.19. The highest BCUT2D eigenvalue weighted by Crippen LogP contribution is 2.31. The third kappa shape index (κ3) is 2.39. The van der Waals surface area contributed by atoms with Crippen LogP contribution in [0.1, 0.15) is 28.8 Å². The third-order valence-corrected chi connectivity index (χ3v) is 4.30. The molecular formula is C19H18N2O. The number of hydrogen-bond donors (Lipinski definition) is 1. The number of rotatable bonds is 4. The van der Waals surface area contributed by atoms with Crippen molar-refractivity contribution in [3.8, 4) is 0 Å². The van der Waals surface area contributed by atoms with Crippen LogP contribution in [0.25, 0.3) is 10.9 Å². The molecule has 0 saturated heterocycles. The molecule has 0 atom stereocenters. The Bertz CT molecular complexity index is 802. The molecule has 2 aromatic carbocycles. The second-order valence-corrected chi connectivity index (χ2v) is 5.89. The third-order valence-electron chi connectivity index (χ3n) is 4.30. The number of aromatic nitrogens is 1. The molecule has 1 fully saturated rings.